The van der Waals surface area contributed by atoms with Gasteiger partial charge in [0.2, 0.25) is 5.88 Å². The second kappa shape index (κ2) is 7.51. The molecule has 0 unspecified atom stereocenters. The molecule has 1 saturated heterocycles. The quantitative estimate of drug-likeness (QED) is 0.856. The molecule has 0 radical (unpaired) electrons. The number of anilines is 1. The third kappa shape index (κ3) is 3.73. The molecular formula is C19H24N4O2. The molecule has 0 saturated carbocycles. The molecule has 3 rings (SSSR count). The summed E-state index contributed by atoms with van der Waals surface area (Å²) in [5.74, 6) is 1.28. The van der Waals surface area contributed by atoms with Gasteiger partial charge in [0.05, 0.1) is 7.11 Å². The molecule has 6 nitrogen and oxygen atoms in total. The number of aryl methyl sites for hydroxylation is 1. The van der Waals surface area contributed by atoms with E-state index in [-0.39, 0.29) is 11.9 Å². The zero-order chi connectivity index (χ0) is 17.8. The third-order valence-electron chi connectivity index (χ3n) is 4.66. The largest absolute Gasteiger partial charge is 0.480 e. The molecule has 0 spiro atoms. The Kier molecular flexibility index (Phi) is 5.16. The predicted octanol–water partition coefficient (Wildman–Crippen LogP) is 2.53. The lowest BCUT2D eigenvalue weighted by Gasteiger charge is -2.38. The standard InChI is InChI=1S/C19H24N4O2/c1-14-7-4-10-17(21-14)23-12-6-8-15(13-23)22(2)19(24)16-9-5-11-20-18(16)25-3/h4-5,7,9-11,15H,6,8,12-13H2,1-3H3/t15-/m0/s1. The Morgan fingerprint density at radius 3 is 2.92 bits per heavy atom. The maximum absolute atomic E-state index is 12.9. The number of pyridine rings is 2. The van der Waals surface area contributed by atoms with E-state index in [2.05, 4.69) is 14.9 Å². The Morgan fingerprint density at radius 1 is 1.32 bits per heavy atom. The van der Waals surface area contributed by atoms with Crippen LogP contribution in [0.5, 0.6) is 5.88 Å². The van der Waals surface area contributed by atoms with E-state index in [1.165, 1.54) is 7.11 Å². The highest BCUT2D eigenvalue weighted by Crippen LogP contribution is 2.23. The molecule has 1 aliphatic rings. The summed E-state index contributed by atoms with van der Waals surface area (Å²) in [5.41, 5.74) is 1.50. The summed E-state index contributed by atoms with van der Waals surface area (Å²) < 4.78 is 5.23. The van der Waals surface area contributed by atoms with Gasteiger partial charge in [0.25, 0.3) is 5.91 Å². The molecule has 132 valence electrons. The molecule has 1 aliphatic heterocycles. The molecule has 0 bridgehead atoms. The van der Waals surface area contributed by atoms with Gasteiger partial charge in [-0.3, -0.25) is 4.79 Å². The number of hydrogen-bond acceptors (Lipinski definition) is 5. The summed E-state index contributed by atoms with van der Waals surface area (Å²) >= 11 is 0. The first kappa shape index (κ1) is 17.2. The van der Waals surface area contributed by atoms with Gasteiger partial charge in [0, 0.05) is 38.1 Å². The number of methoxy groups -OCH3 is 1. The van der Waals surface area contributed by atoms with E-state index in [1.807, 2.05) is 37.1 Å². The molecule has 6 heteroatoms. The van der Waals surface area contributed by atoms with E-state index in [9.17, 15) is 4.79 Å². The van der Waals surface area contributed by atoms with E-state index < -0.39 is 0 Å². The van der Waals surface area contributed by atoms with Crippen molar-refractivity contribution in [3.8, 4) is 5.88 Å². The molecule has 25 heavy (non-hydrogen) atoms. The van der Waals surface area contributed by atoms with Crippen molar-refractivity contribution in [3.05, 3.63) is 47.8 Å². The van der Waals surface area contributed by atoms with Gasteiger partial charge < -0.3 is 14.5 Å². The van der Waals surface area contributed by atoms with Crippen molar-refractivity contribution in [2.45, 2.75) is 25.8 Å². The number of amides is 1. The van der Waals surface area contributed by atoms with Gasteiger partial charge in [-0.15, -0.1) is 0 Å². The fraction of sp³-hybridized carbons (Fsp3) is 0.421. The highest BCUT2D eigenvalue weighted by Gasteiger charge is 2.28. The minimum Gasteiger partial charge on any atom is -0.480 e. The van der Waals surface area contributed by atoms with Gasteiger partial charge in [-0.1, -0.05) is 6.07 Å². The SMILES string of the molecule is COc1ncccc1C(=O)N(C)[C@H]1CCCN(c2cccc(C)n2)C1. The maximum Gasteiger partial charge on any atom is 0.259 e. The molecule has 0 aromatic carbocycles. The zero-order valence-corrected chi connectivity index (χ0v) is 15.0. The van der Waals surface area contributed by atoms with Crippen molar-refractivity contribution in [1.82, 2.24) is 14.9 Å². The summed E-state index contributed by atoms with van der Waals surface area (Å²) in [6, 6.07) is 9.70. The van der Waals surface area contributed by atoms with Crippen LogP contribution in [0.1, 0.15) is 28.9 Å². The predicted molar refractivity (Wildman–Crippen MR) is 97.1 cm³/mol. The monoisotopic (exact) mass is 340 g/mol. The first-order valence-corrected chi connectivity index (χ1v) is 8.55. The molecule has 3 heterocycles. The number of likely N-dealkylation sites (N-methyl/N-ethyl adjacent to an activating group) is 1. The number of aromatic nitrogens is 2. The van der Waals surface area contributed by atoms with Crippen LogP contribution in [0.15, 0.2) is 36.5 Å². The summed E-state index contributed by atoms with van der Waals surface area (Å²) in [6.45, 7) is 3.74. The van der Waals surface area contributed by atoms with Gasteiger partial charge >= 0.3 is 0 Å². The van der Waals surface area contributed by atoms with Gasteiger partial charge in [-0.25, -0.2) is 9.97 Å². The molecule has 0 aliphatic carbocycles. The Labute approximate surface area is 148 Å². The number of nitrogens with zero attached hydrogens (tertiary/aromatic N) is 4. The van der Waals surface area contributed by atoms with Crippen molar-refractivity contribution >= 4 is 11.7 Å². The van der Waals surface area contributed by atoms with Crippen LogP contribution in [0.2, 0.25) is 0 Å². The van der Waals surface area contributed by atoms with Gasteiger partial charge in [-0.05, 0) is 44.0 Å². The fourth-order valence-electron chi connectivity index (χ4n) is 3.26. The Hall–Kier alpha value is -2.63. The van der Waals surface area contributed by atoms with Crippen LogP contribution in [-0.4, -0.2) is 54.1 Å². The average molecular weight is 340 g/mol. The van der Waals surface area contributed by atoms with E-state index in [0.29, 0.717) is 11.4 Å². The minimum absolute atomic E-state index is 0.0611. The first-order chi connectivity index (χ1) is 12.1. The van der Waals surface area contributed by atoms with Crippen LogP contribution in [0, 0.1) is 6.92 Å². The third-order valence-corrected chi connectivity index (χ3v) is 4.66. The van der Waals surface area contributed by atoms with Crippen LogP contribution >= 0.6 is 0 Å². The Morgan fingerprint density at radius 2 is 2.16 bits per heavy atom. The molecule has 1 amide bonds. The molecule has 2 aromatic heterocycles. The number of piperidine rings is 1. The molecular weight excluding hydrogens is 316 g/mol. The highest BCUT2D eigenvalue weighted by atomic mass is 16.5. The van der Waals surface area contributed by atoms with E-state index >= 15 is 0 Å². The molecule has 1 fully saturated rings. The summed E-state index contributed by atoms with van der Waals surface area (Å²) in [7, 11) is 3.39. The fourth-order valence-corrected chi connectivity index (χ4v) is 3.26. The summed E-state index contributed by atoms with van der Waals surface area (Å²) in [6.07, 6.45) is 3.64. The number of hydrogen-bond donors (Lipinski definition) is 0. The summed E-state index contributed by atoms with van der Waals surface area (Å²) in [5, 5.41) is 0. The number of ether oxygens (including phenoxy) is 1. The van der Waals surface area contributed by atoms with Crippen molar-refractivity contribution in [2.24, 2.45) is 0 Å². The van der Waals surface area contributed by atoms with Gasteiger partial charge in [0.1, 0.15) is 11.4 Å². The molecule has 1 atom stereocenters. The van der Waals surface area contributed by atoms with Crippen LogP contribution in [0.4, 0.5) is 5.82 Å². The lowest BCUT2D eigenvalue weighted by Crippen LogP contribution is -2.49. The smallest absolute Gasteiger partial charge is 0.259 e. The molecule has 0 N–H and O–H groups in total. The Balaban J connectivity index is 1.75. The normalized spacial score (nSPS) is 17.2. The van der Waals surface area contributed by atoms with Crippen LogP contribution in [0.3, 0.4) is 0 Å². The van der Waals surface area contributed by atoms with E-state index in [4.69, 9.17) is 4.74 Å². The second-order valence-electron chi connectivity index (χ2n) is 6.36. The van der Waals surface area contributed by atoms with Crippen LogP contribution in [-0.2, 0) is 0 Å². The zero-order valence-electron chi connectivity index (χ0n) is 15.0. The summed E-state index contributed by atoms with van der Waals surface area (Å²) in [4.78, 5) is 25.7. The average Bonchev–Trinajstić information content (AvgIpc) is 2.67. The van der Waals surface area contributed by atoms with Gasteiger partial charge in [-0.2, -0.15) is 0 Å². The lowest BCUT2D eigenvalue weighted by atomic mass is 10.0. The van der Waals surface area contributed by atoms with Crippen molar-refractivity contribution < 1.29 is 9.53 Å². The van der Waals surface area contributed by atoms with Crippen LogP contribution in [0.25, 0.3) is 0 Å². The number of carbonyl (C=O) groups excluding carboxylic acids is 1. The van der Waals surface area contributed by atoms with E-state index in [0.717, 1.165) is 37.4 Å². The maximum atomic E-state index is 12.9. The lowest BCUT2D eigenvalue weighted by molar-refractivity contribution is 0.0713. The topological polar surface area (TPSA) is 58.6 Å². The molecule has 2 aromatic rings. The second-order valence-corrected chi connectivity index (χ2v) is 6.36. The Bertz CT molecular complexity index is 750. The number of carbonyl (C=O) groups is 1. The van der Waals surface area contributed by atoms with Gasteiger partial charge in [0.15, 0.2) is 0 Å². The van der Waals surface area contributed by atoms with Crippen LogP contribution < -0.4 is 9.64 Å². The first-order valence-electron chi connectivity index (χ1n) is 8.55. The van der Waals surface area contributed by atoms with Crippen molar-refractivity contribution in [3.63, 3.8) is 0 Å². The highest BCUT2D eigenvalue weighted by molar-refractivity contribution is 5.96. The number of rotatable bonds is 4. The van der Waals surface area contributed by atoms with E-state index in [1.54, 1.807) is 18.3 Å². The van der Waals surface area contributed by atoms with Crippen molar-refractivity contribution in [1.29, 1.82) is 0 Å². The van der Waals surface area contributed by atoms with Crippen molar-refractivity contribution in [2.75, 3.05) is 32.1 Å². The minimum atomic E-state index is -0.0611.